The van der Waals surface area contributed by atoms with Crippen LogP contribution < -0.4 is 10.0 Å². The van der Waals surface area contributed by atoms with E-state index in [1.165, 1.54) is 12.1 Å². The van der Waals surface area contributed by atoms with Gasteiger partial charge in [-0.25, -0.2) is 17.5 Å². The van der Waals surface area contributed by atoms with Crippen molar-refractivity contribution in [3.8, 4) is 0 Å². The quantitative estimate of drug-likeness (QED) is 0.641. The molecule has 0 bridgehead atoms. The van der Waals surface area contributed by atoms with Gasteiger partial charge in [0.1, 0.15) is 4.90 Å². The van der Waals surface area contributed by atoms with E-state index in [4.69, 9.17) is 0 Å². The number of carbonyl (C=O) groups excluding carboxylic acids is 1. The molecule has 1 rings (SSSR count). The van der Waals surface area contributed by atoms with Gasteiger partial charge in [0.05, 0.1) is 5.56 Å². The molecule has 1 aromatic rings. The van der Waals surface area contributed by atoms with Crippen LogP contribution in [0.3, 0.4) is 0 Å². The standard InChI is InChI=1S/C12H17FNO3PS/c1-3-7-14-19(16,17)10-6-5-9(18)11(12(10)13)8(15)4-2/h5-6,14H,3-4,7,18H2,1-2H3. The third-order valence-electron chi connectivity index (χ3n) is 2.57. The van der Waals surface area contributed by atoms with Crippen LogP contribution in [-0.2, 0) is 10.0 Å². The van der Waals surface area contributed by atoms with Crippen LogP contribution in [0.1, 0.15) is 37.0 Å². The maximum atomic E-state index is 14.2. The van der Waals surface area contributed by atoms with Crippen LogP contribution in [0.2, 0.25) is 0 Å². The molecule has 0 saturated heterocycles. The molecule has 0 amide bonds. The highest BCUT2D eigenvalue weighted by molar-refractivity contribution is 7.89. The van der Waals surface area contributed by atoms with E-state index in [9.17, 15) is 17.6 Å². The van der Waals surface area contributed by atoms with Crippen LogP contribution in [0.25, 0.3) is 0 Å². The van der Waals surface area contributed by atoms with Crippen LogP contribution in [0.15, 0.2) is 17.0 Å². The lowest BCUT2D eigenvalue weighted by Crippen LogP contribution is -2.27. The van der Waals surface area contributed by atoms with E-state index < -0.39 is 26.5 Å². The Balaban J connectivity index is 3.36. The topological polar surface area (TPSA) is 63.2 Å². The van der Waals surface area contributed by atoms with Crippen molar-refractivity contribution >= 4 is 30.4 Å². The molecule has 1 aromatic carbocycles. The van der Waals surface area contributed by atoms with Gasteiger partial charge in [-0.15, -0.1) is 9.24 Å². The Morgan fingerprint density at radius 2 is 2.00 bits per heavy atom. The van der Waals surface area contributed by atoms with Gasteiger partial charge < -0.3 is 0 Å². The summed E-state index contributed by atoms with van der Waals surface area (Å²) < 4.78 is 40.4. The number of hydrogen-bond acceptors (Lipinski definition) is 3. The van der Waals surface area contributed by atoms with E-state index in [0.29, 0.717) is 11.7 Å². The Morgan fingerprint density at radius 3 is 2.53 bits per heavy atom. The van der Waals surface area contributed by atoms with Gasteiger partial charge in [-0.1, -0.05) is 19.9 Å². The summed E-state index contributed by atoms with van der Waals surface area (Å²) in [5, 5.41) is 0.360. The summed E-state index contributed by atoms with van der Waals surface area (Å²) in [6.07, 6.45) is 0.716. The van der Waals surface area contributed by atoms with Gasteiger partial charge in [-0.2, -0.15) is 0 Å². The van der Waals surface area contributed by atoms with E-state index in [1.54, 1.807) is 13.8 Å². The van der Waals surface area contributed by atoms with E-state index in [2.05, 4.69) is 14.0 Å². The van der Waals surface area contributed by atoms with E-state index in [0.717, 1.165) is 0 Å². The number of nitrogens with one attached hydrogen (secondary N) is 1. The molecule has 0 aliphatic heterocycles. The fourth-order valence-corrected chi connectivity index (χ4v) is 3.15. The van der Waals surface area contributed by atoms with Crippen LogP contribution in [0.4, 0.5) is 4.39 Å². The molecule has 1 unspecified atom stereocenters. The predicted molar refractivity (Wildman–Crippen MR) is 75.8 cm³/mol. The van der Waals surface area contributed by atoms with Crippen molar-refractivity contribution in [1.82, 2.24) is 4.72 Å². The minimum atomic E-state index is -3.92. The van der Waals surface area contributed by atoms with Gasteiger partial charge in [-0.05, 0) is 17.8 Å². The van der Waals surface area contributed by atoms with Crippen LogP contribution >= 0.6 is 9.24 Å². The smallest absolute Gasteiger partial charge is 0.243 e. The highest BCUT2D eigenvalue weighted by Gasteiger charge is 2.24. The average Bonchev–Trinajstić information content (AvgIpc) is 2.35. The molecule has 4 nitrogen and oxygen atoms in total. The Hall–Kier alpha value is -0.840. The van der Waals surface area contributed by atoms with Crippen molar-refractivity contribution in [2.75, 3.05) is 6.54 Å². The second-order valence-electron chi connectivity index (χ2n) is 4.02. The van der Waals surface area contributed by atoms with E-state index in [1.807, 2.05) is 0 Å². The lowest BCUT2D eigenvalue weighted by Gasteiger charge is -2.11. The summed E-state index contributed by atoms with van der Waals surface area (Å²) in [4.78, 5) is 11.2. The fourth-order valence-electron chi connectivity index (χ4n) is 1.55. The molecule has 0 saturated carbocycles. The molecule has 1 atom stereocenters. The lowest BCUT2D eigenvalue weighted by atomic mass is 10.1. The minimum absolute atomic E-state index is 0.115. The first-order chi connectivity index (χ1) is 8.85. The summed E-state index contributed by atoms with van der Waals surface area (Å²) in [5.74, 6) is -1.40. The SMILES string of the molecule is CCCNS(=O)(=O)c1ccc(P)c(C(=O)CC)c1F. The molecule has 0 aromatic heterocycles. The highest BCUT2D eigenvalue weighted by Crippen LogP contribution is 2.19. The maximum absolute atomic E-state index is 14.2. The molecule has 1 N–H and O–H groups in total. The number of hydrogen-bond donors (Lipinski definition) is 1. The zero-order valence-electron chi connectivity index (χ0n) is 10.9. The summed E-state index contributed by atoms with van der Waals surface area (Å²) in [6, 6.07) is 2.58. The molecular weight excluding hydrogens is 288 g/mol. The summed E-state index contributed by atoms with van der Waals surface area (Å²) in [6.45, 7) is 3.63. The van der Waals surface area contributed by atoms with Crippen LogP contribution in [0.5, 0.6) is 0 Å². The molecule has 19 heavy (non-hydrogen) atoms. The average molecular weight is 305 g/mol. The Morgan fingerprint density at radius 1 is 1.37 bits per heavy atom. The van der Waals surface area contributed by atoms with Gasteiger partial charge in [0.25, 0.3) is 0 Å². The van der Waals surface area contributed by atoms with E-state index >= 15 is 0 Å². The number of Topliss-reactive ketones (excluding diaryl/α,β-unsaturated/α-hetero) is 1. The first-order valence-electron chi connectivity index (χ1n) is 5.96. The monoisotopic (exact) mass is 305 g/mol. The molecule has 7 heteroatoms. The van der Waals surface area contributed by atoms with Crippen molar-refractivity contribution in [3.05, 3.63) is 23.5 Å². The summed E-state index contributed by atoms with van der Waals surface area (Å²) in [7, 11) is -1.68. The molecule has 106 valence electrons. The zero-order valence-corrected chi connectivity index (χ0v) is 12.8. The molecule has 0 spiro atoms. The third-order valence-corrected chi connectivity index (χ3v) is 4.53. The summed E-state index contributed by atoms with van der Waals surface area (Å²) >= 11 is 0. The maximum Gasteiger partial charge on any atom is 0.243 e. The van der Waals surface area contributed by atoms with Gasteiger partial charge in [0, 0.05) is 13.0 Å². The van der Waals surface area contributed by atoms with Crippen molar-refractivity contribution in [1.29, 1.82) is 0 Å². The number of sulfonamides is 1. The third kappa shape index (κ3) is 3.59. The molecule has 0 aliphatic rings. The van der Waals surface area contributed by atoms with E-state index in [-0.39, 0.29) is 18.5 Å². The first kappa shape index (κ1) is 16.2. The number of halogens is 1. The number of benzene rings is 1. The normalized spacial score (nSPS) is 11.6. The van der Waals surface area contributed by atoms with Gasteiger partial charge >= 0.3 is 0 Å². The molecular formula is C12H17FNO3PS. The Kier molecular flexibility index (Phi) is 5.59. The fraction of sp³-hybridized carbons (Fsp3) is 0.417. The Labute approximate surface area is 115 Å². The zero-order chi connectivity index (χ0) is 14.6. The molecule has 0 heterocycles. The molecule has 0 fully saturated rings. The second kappa shape index (κ2) is 6.55. The van der Waals surface area contributed by atoms with Crippen molar-refractivity contribution in [2.24, 2.45) is 0 Å². The minimum Gasteiger partial charge on any atom is -0.294 e. The highest BCUT2D eigenvalue weighted by atomic mass is 32.2. The van der Waals surface area contributed by atoms with Crippen LogP contribution in [0, 0.1) is 5.82 Å². The van der Waals surface area contributed by atoms with Gasteiger partial charge in [0.2, 0.25) is 10.0 Å². The van der Waals surface area contributed by atoms with Gasteiger partial charge in [0.15, 0.2) is 11.6 Å². The first-order valence-corrected chi connectivity index (χ1v) is 8.02. The number of rotatable bonds is 6. The predicted octanol–water partition coefficient (Wildman–Crippen LogP) is 1.61. The van der Waals surface area contributed by atoms with Crippen molar-refractivity contribution in [2.45, 2.75) is 31.6 Å². The molecule has 0 radical (unpaired) electrons. The van der Waals surface area contributed by atoms with Crippen molar-refractivity contribution in [3.63, 3.8) is 0 Å². The van der Waals surface area contributed by atoms with Crippen molar-refractivity contribution < 1.29 is 17.6 Å². The largest absolute Gasteiger partial charge is 0.294 e. The number of ketones is 1. The molecule has 0 aliphatic carbocycles. The second-order valence-corrected chi connectivity index (χ2v) is 6.37. The Bertz CT molecular complexity index is 587. The number of carbonyl (C=O) groups is 1. The summed E-state index contributed by atoms with van der Waals surface area (Å²) in [5.41, 5.74) is -0.174. The lowest BCUT2D eigenvalue weighted by molar-refractivity contribution is 0.0985. The van der Waals surface area contributed by atoms with Gasteiger partial charge in [-0.3, -0.25) is 4.79 Å². The van der Waals surface area contributed by atoms with Crippen LogP contribution in [-0.4, -0.2) is 20.7 Å².